The molecular weight excluding hydrogens is 368 g/mol. The molecule has 6 heteroatoms. The van der Waals surface area contributed by atoms with Crippen molar-refractivity contribution in [3.05, 3.63) is 83.4 Å². The summed E-state index contributed by atoms with van der Waals surface area (Å²) in [5.41, 5.74) is 3.19. The van der Waals surface area contributed by atoms with E-state index in [2.05, 4.69) is 10.6 Å². The summed E-state index contributed by atoms with van der Waals surface area (Å²) in [5, 5.41) is 5.64. The second kappa shape index (κ2) is 8.93. The van der Waals surface area contributed by atoms with Gasteiger partial charge in [0.15, 0.2) is 0 Å². The second-order valence-corrected chi connectivity index (χ2v) is 6.40. The van der Waals surface area contributed by atoms with Crippen molar-refractivity contribution >= 4 is 23.2 Å². The lowest BCUT2D eigenvalue weighted by molar-refractivity contribution is 0.101. The van der Waals surface area contributed by atoms with Gasteiger partial charge in [-0.1, -0.05) is 6.07 Å². The molecule has 29 heavy (non-hydrogen) atoms. The third-order valence-electron chi connectivity index (χ3n) is 4.42. The van der Waals surface area contributed by atoms with Crippen LogP contribution in [0.5, 0.6) is 11.5 Å². The van der Waals surface area contributed by atoms with E-state index in [1.807, 2.05) is 13.0 Å². The fourth-order valence-electron chi connectivity index (χ4n) is 2.75. The van der Waals surface area contributed by atoms with Crippen LogP contribution in [-0.2, 0) is 0 Å². The summed E-state index contributed by atoms with van der Waals surface area (Å²) >= 11 is 0. The number of aryl methyl sites for hydroxylation is 1. The summed E-state index contributed by atoms with van der Waals surface area (Å²) in [6.07, 6.45) is 0. The van der Waals surface area contributed by atoms with Crippen molar-refractivity contribution in [2.45, 2.75) is 6.92 Å². The van der Waals surface area contributed by atoms with Gasteiger partial charge < -0.3 is 20.1 Å². The molecule has 0 aromatic heterocycles. The van der Waals surface area contributed by atoms with Gasteiger partial charge in [0.1, 0.15) is 11.5 Å². The van der Waals surface area contributed by atoms with Crippen LogP contribution in [0.1, 0.15) is 26.3 Å². The highest BCUT2D eigenvalue weighted by atomic mass is 16.5. The van der Waals surface area contributed by atoms with Crippen LogP contribution in [0.3, 0.4) is 0 Å². The van der Waals surface area contributed by atoms with Gasteiger partial charge in [0, 0.05) is 22.5 Å². The molecular formula is C23H22N2O4. The predicted octanol–water partition coefficient (Wildman–Crippen LogP) is 4.52. The van der Waals surface area contributed by atoms with Crippen LogP contribution in [0.15, 0.2) is 66.7 Å². The summed E-state index contributed by atoms with van der Waals surface area (Å²) in [5.74, 6) is 0.882. The van der Waals surface area contributed by atoms with Gasteiger partial charge in [-0.2, -0.15) is 0 Å². The third kappa shape index (κ3) is 4.93. The van der Waals surface area contributed by atoms with E-state index < -0.39 is 0 Å². The van der Waals surface area contributed by atoms with Gasteiger partial charge in [0.05, 0.1) is 14.2 Å². The summed E-state index contributed by atoms with van der Waals surface area (Å²) in [6, 6.07) is 19.0. The molecule has 3 aromatic carbocycles. The number of rotatable bonds is 6. The minimum Gasteiger partial charge on any atom is -0.497 e. The average Bonchev–Trinajstić information content (AvgIpc) is 2.75. The van der Waals surface area contributed by atoms with Crippen LogP contribution in [0.4, 0.5) is 11.4 Å². The molecule has 0 aliphatic rings. The minimum atomic E-state index is -0.251. The van der Waals surface area contributed by atoms with Gasteiger partial charge in [-0.25, -0.2) is 0 Å². The number of hydrogen-bond donors (Lipinski definition) is 2. The van der Waals surface area contributed by atoms with E-state index in [1.165, 1.54) is 0 Å². The molecule has 3 rings (SSSR count). The molecule has 0 bridgehead atoms. The van der Waals surface area contributed by atoms with Gasteiger partial charge in [0.25, 0.3) is 11.8 Å². The van der Waals surface area contributed by atoms with E-state index >= 15 is 0 Å². The molecule has 0 atom stereocenters. The van der Waals surface area contributed by atoms with E-state index in [1.54, 1.807) is 74.9 Å². The number of ether oxygens (including phenoxy) is 2. The summed E-state index contributed by atoms with van der Waals surface area (Å²) in [4.78, 5) is 24.8. The topological polar surface area (TPSA) is 76.7 Å². The largest absolute Gasteiger partial charge is 0.497 e. The standard InChI is InChI=1S/C23H22N2O4/c1-15-4-5-17(14-21(15)29-3)23(27)25-18-8-6-16(7-9-18)22(26)24-19-10-12-20(28-2)13-11-19/h4-14H,1-3H3,(H,24,26)(H,25,27). The molecule has 2 amide bonds. The van der Waals surface area contributed by atoms with E-state index in [-0.39, 0.29) is 11.8 Å². The van der Waals surface area contributed by atoms with Gasteiger partial charge in [-0.15, -0.1) is 0 Å². The van der Waals surface area contributed by atoms with Crippen molar-refractivity contribution in [2.24, 2.45) is 0 Å². The van der Waals surface area contributed by atoms with E-state index in [9.17, 15) is 9.59 Å². The maximum absolute atomic E-state index is 12.4. The molecule has 0 aliphatic carbocycles. The highest BCUT2D eigenvalue weighted by Gasteiger charge is 2.10. The van der Waals surface area contributed by atoms with Gasteiger partial charge in [0.2, 0.25) is 0 Å². The first-order valence-corrected chi connectivity index (χ1v) is 9.01. The molecule has 6 nitrogen and oxygen atoms in total. The van der Waals surface area contributed by atoms with Crippen LogP contribution in [0.2, 0.25) is 0 Å². The first-order valence-electron chi connectivity index (χ1n) is 9.01. The van der Waals surface area contributed by atoms with Gasteiger partial charge in [-0.3, -0.25) is 9.59 Å². The van der Waals surface area contributed by atoms with Crippen molar-refractivity contribution in [3.63, 3.8) is 0 Å². The Morgan fingerprint density at radius 1 is 0.690 bits per heavy atom. The Labute approximate surface area is 169 Å². The maximum atomic E-state index is 12.4. The average molecular weight is 390 g/mol. The molecule has 0 heterocycles. The molecule has 148 valence electrons. The molecule has 2 N–H and O–H groups in total. The van der Waals surface area contributed by atoms with Crippen molar-refractivity contribution in [3.8, 4) is 11.5 Å². The zero-order valence-electron chi connectivity index (χ0n) is 16.5. The predicted molar refractivity (Wildman–Crippen MR) is 113 cm³/mol. The summed E-state index contributed by atoms with van der Waals surface area (Å²) in [7, 11) is 3.16. The van der Waals surface area contributed by atoms with Gasteiger partial charge >= 0.3 is 0 Å². The number of nitrogens with one attached hydrogen (secondary N) is 2. The van der Waals surface area contributed by atoms with Crippen molar-refractivity contribution in [2.75, 3.05) is 24.9 Å². The van der Waals surface area contributed by atoms with Crippen molar-refractivity contribution in [1.29, 1.82) is 0 Å². The molecule has 3 aromatic rings. The molecule has 0 fully saturated rings. The Morgan fingerprint density at radius 2 is 1.21 bits per heavy atom. The highest BCUT2D eigenvalue weighted by Crippen LogP contribution is 2.20. The first kappa shape index (κ1) is 19.9. The number of benzene rings is 3. The third-order valence-corrected chi connectivity index (χ3v) is 4.42. The second-order valence-electron chi connectivity index (χ2n) is 6.40. The van der Waals surface area contributed by atoms with Crippen LogP contribution in [0.25, 0.3) is 0 Å². The monoisotopic (exact) mass is 390 g/mol. The van der Waals surface area contributed by atoms with Crippen LogP contribution < -0.4 is 20.1 Å². The maximum Gasteiger partial charge on any atom is 0.255 e. The molecule has 0 radical (unpaired) electrons. The lowest BCUT2D eigenvalue weighted by Crippen LogP contribution is -2.14. The Hall–Kier alpha value is -3.80. The lowest BCUT2D eigenvalue weighted by atomic mass is 10.1. The molecule has 0 spiro atoms. The highest BCUT2D eigenvalue weighted by molar-refractivity contribution is 6.06. The smallest absolute Gasteiger partial charge is 0.255 e. The van der Waals surface area contributed by atoms with Crippen molar-refractivity contribution < 1.29 is 19.1 Å². The number of amides is 2. The van der Waals surface area contributed by atoms with E-state index in [0.717, 1.165) is 5.56 Å². The first-order chi connectivity index (χ1) is 14.0. The normalized spacial score (nSPS) is 10.2. The van der Waals surface area contributed by atoms with Crippen LogP contribution in [0, 0.1) is 6.92 Å². The minimum absolute atomic E-state index is 0.240. The van der Waals surface area contributed by atoms with Crippen LogP contribution in [-0.4, -0.2) is 26.0 Å². The van der Waals surface area contributed by atoms with Crippen molar-refractivity contribution in [1.82, 2.24) is 0 Å². The van der Waals surface area contributed by atoms with E-state index in [4.69, 9.17) is 9.47 Å². The summed E-state index contributed by atoms with van der Waals surface area (Å²) in [6.45, 7) is 1.91. The number of carbonyl (C=O) groups excluding carboxylic acids is 2. The molecule has 0 saturated heterocycles. The van der Waals surface area contributed by atoms with E-state index in [0.29, 0.717) is 34.0 Å². The lowest BCUT2D eigenvalue weighted by Gasteiger charge is -2.10. The number of hydrogen-bond acceptors (Lipinski definition) is 4. The fraction of sp³-hybridized carbons (Fsp3) is 0.130. The van der Waals surface area contributed by atoms with Gasteiger partial charge in [-0.05, 0) is 73.2 Å². The zero-order valence-corrected chi connectivity index (χ0v) is 16.5. The number of methoxy groups -OCH3 is 2. The Balaban J connectivity index is 1.64. The number of anilines is 2. The molecule has 0 saturated carbocycles. The Bertz CT molecular complexity index is 1010. The number of carbonyl (C=O) groups is 2. The fourth-order valence-corrected chi connectivity index (χ4v) is 2.75. The summed E-state index contributed by atoms with van der Waals surface area (Å²) < 4.78 is 10.4. The Morgan fingerprint density at radius 3 is 1.76 bits per heavy atom. The van der Waals surface area contributed by atoms with Crippen LogP contribution >= 0.6 is 0 Å². The SMILES string of the molecule is COc1ccc(NC(=O)c2ccc(NC(=O)c3ccc(C)c(OC)c3)cc2)cc1. The zero-order chi connectivity index (χ0) is 20.8. The molecule has 0 unspecified atom stereocenters. The Kier molecular flexibility index (Phi) is 6.14. The molecule has 0 aliphatic heterocycles. The quantitative estimate of drug-likeness (QED) is 0.649.